The largest absolute Gasteiger partial charge is 0.490 e. The van der Waals surface area contributed by atoms with Gasteiger partial charge in [0.25, 0.3) is 0 Å². The van der Waals surface area contributed by atoms with Crippen LogP contribution >= 0.6 is 0 Å². The Bertz CT molecular complexity index is 1030. The normalized spacial score (nSPS) is 19.2. The number of aryl methyl sites for hydroxylation is 1. The summed E-state index contributed by atoms with van der Waals surface area (Å²) in [5.41, 5.74) is -0.124. The minimum Gasteiger partial charge on any atom is -0.490 e. The zero-order chi connectivity index (χ0) is 20.6. The topological polar surface area (TPSA) is 47.0 Å². The van der Waals surface area contributed by atoms with Crippen LogP contribution in [0.2, 0.25) is 0 Å². The summed E-state index contributed by atoms with van der Waals surface area (Å²) in [5.74, 6) is -0.115. The van der Waals surface area contributed by atoms with Crippen molar-refractivity contribution in [2.24, 2.45) is 0 Å². The molecule has 2 heterocycles. The number of hydrogen-bond donors (Lipinski definition) is 1. The first-order chi connectivity index (χ1) is 13.8. The number of pyridine rings is 2. The van der Waals surface area contributed by atoms with Gasteiger partial charge in [-0.2, -0.15) is 13.2 Å². The first-order valence-electron chi connectivity index (χ1n) is 9.26. The van der Waals surface area contributed by atoms with Gasteiger partial charge >= 0.3 is 6.18 Å². The summed E-state index contributed by atoms with van der Waals surface area (Å²) in [6.45, 7) is 1.86. The Morgan fingerprint density at radius 3 is 2.72 bits per heavy atom. The van der Waals surface area contributed by atoms with Crippen molar-refractivity contribution in [2.75, 3.05) is 0 Å². The van der Waals surface area contributed by atoms with Crippen LogP contribution in [-0.4, -0.2) is 22.1 Å². The van der Waals surface area contributed by atoms with Gasteiger partial charge in [-0.25, -0.2) is 9.37 Å². The third-order valence-electron chi connectivity index (χ3n) is 5.06. The van der Waals surface area contributed by atoms with Gasteiger partial charge < -0.3 is 10.1 Å². The van der Waals surface area contributed by atoms with Gasteiger partial charge in [-0.1, -0.05) is 0 Å². The van der Waals surface area contributed by atoms with Crippen molar-refractivity contribution < 1.29 is 22.3 Å². The molecular weight excluding hydrogens is 386 g/mol. The molecule has 4 nitrogen and oxygen atoms in total. The molecule has 8 heteroatoms. The zero-order valence-corrected chi connectivity index (χ0v) is 15.6. The van der Waals surface area contributed by atoms with Crippen molar-refractivity contribution in [3.8, 4) is 5.75 Å². The van der Waals surface area contributed by atoms with Crippen molar-refractivity contribution in [1.82, 2.24) is 15.3 Å². The van der Waals surface area contributed by atoms with E-state index in [0.717, 1.165) is 16.8 Å². The third-order valence-corrected chi connectivity index (χ3v) is 5.06. The second-order valence-corrected chi connectivity index (χ2v) is 7.24. The molecule has 4 rings (SSSR count). The smallest absolute Gasteiger partial charge is 0.433 e. The standard InChI is InChI=1S/C21H19F4N3O/c1-12-6-15(9-20(28-12)21(23,24)25)29-16-7-14(8-16)27-11-18-17-4-5-26-10-13(17)2-3-19(18)22/h2-6,9-10,14,16,27H,7-8,11H2,1H3. The number of nitrogens with zero attached hydrogens (tertiary/aromatic N) is 2. The maximum absolute atomic E-state index is 14.2. The monoisotopic (exact) mass is 405 g/mol. The molecule has 0 spiro atoms. The molecule has 0 saturated heterocycles. The first kappa shape index (κ1) is 19.6. The molecular formula is C21H19F4N3O. The van der Waals surface area contributed by atoms with Gasteiger partial charge in [0, 0.05) is 53.8 Å². The summed E-state index contributed by atoms with van der Waals surface area (Å²) in [7, 11) is 0. The molecule has 1 aliphatic carbocycles. The number of aromatic nitrogens is 2. The van der Waals surface area contributed by atoms with Crippen molar-refractivity contribution in [2.45, 2.75) is 44.6 Å². The molecule has 0 radical (unpaired) electrons. The van der Waals surface area contributed by atoms with Crippen LogP contribution in [0.5, 0.6) is 5.75 Å². The quantitative estimate of drug-likeness (QED) is 0.620. The second kappa shape index (κ2) is 7.59. The fraction of sp³-hybridized carbons (Fsp3) is 0.333. The van der Waals surface area contributed by atoms with Gasteiger partial charge in [-0.3, -0.25) is 4.98 Å². The highest BCUT2D eigenvalue weighted by atomic mass is 19.4. The number of benzene rings is 1. The van der Waals surface area contributed by atoms with Crippen molar-refractivity contribution in [3.63, 3.8) is 0 Å². The average molecular weight is 405 g/mol. The van der Waals surface area contributed by atoms with Crippen LogP contribution in [0.3, 0.4) is 0 Å². The van der Waals surface area contributed by atoms with Crippen LogP contribution in [0.25, 0.3) is 10.8 Å². The molecule has 0 atom stereocenters. The zero-order valence-electron chi connectivity index (χ0n) is 15.6. The average Bonchev–Trinajstić information content (AvgIpc) is 2.63. The summed E-state index contributed by atoms with van der Waals surface area (Å²) in [4.78, 5) is 7.56. The first-order valence-corrected chi connectivity index (χ1v) is 9.26. The van der Waals surface area contributed by atoms with Crippen LogP contribution in [0.1, 0.15) is 29.8 Å². The summed E-state index contributed by atoms with van der Waals surface area (Å²) < 4.78 is 58.6. The molecule has 2 aromatic heterocycles. The van der Waals surface area contributed by atoms with E-state index in [1.165, 1.54) is 19.1 Å². The Labute approximate surface area is 164 Å². The Hall–Kier alpha value is -2.74. The highest BCUT2D eigenvalue weighted by Crippen LogP contribution is 2.33. The summed E-state index contributed by atoms with van der Waals surface area (Å²) >= 11 is 0. The van der Waals surface area contributed by atoms with Gasteiger partial charge in [0.2, 0.25) is 0 Å². The van der Waals surface area contributed by atoms with E-state index >= 15 is 0 Å². The molecule has 0 amide bonds. The van der Waals surface area contributed by atoms with Crippen LogP contribution in [0, 0.1) is 12.7 Å². The van der Waals surface area contributed by atoms with Gasteiger partial charge in [-0.15, -0.1) is 0 Å². The molecule has 1 N–H and O–H groups in total. The van der Waals surface area contributed by atoms with E-state index < -0.39 is 11.9 Å². The fourth-order valence-corrected chi connectivity index (χ4v) is 3.50. The number of hydrogen-bond acceptors (Lipinski definition) is 4. The van der Waals surface area contributed by atoms with Crippen molar-refractivity contribution in [3.05, 3.63) is 65.5 Å². The van der Waals surface area contributed by atoms with E-state index in [4.69, 9.17) is 4.74 Å². The van der Waals surface area contributed by atoms with Crippen LogP contribution in [0.15, 0.2) is 42.7 Å². The minimum atomic E-state index is -4.51. The van der Waals surface area contributed by atoms with Gasteiger partial charge in [0.15, 0.2) is 0 Å². The highest BCUT2D eigenvalue weighted by molar-refractivity contribution is 5.84. The number of halogens is 4. The number of nitrogens with one attached hydrogen (secondary N) is 1. The van der Waals surface area contributed by atoms with Gasteiger partial charge in [0.1, 0.15) is 23.4 Å². The Morgan fingerprint density at radius 1 is 1.17 bits per heavy atom. The summed E-state index contributed by atoms with van der Waals surface area (Å²) in [6, 6.07) is 7.44. The van der Waals surface area contributed by atoms with E-state index in [2.05, 4.69) is 15.3 Å². The van der Waals surface area contributed by atoms with E-state index in [-0.39, 0.29) is 29.4 Å². The van der Waals surface area contributed by atoms with Crippen molar-refractivity contribution in [1.29, 1.82) is 0 Å². The lowest BCUT2D eigenvalue weighted by Gasteiger charge is -2.36. The van der Waals surface area contributed by atoms with Crippen LogP contribution in [0.4, 0.5) is 17.6 Å². The van der Waals surface area contributed by atoms with Crippen molar-refractivity contribution >= 4 is 10.8 Å². The predicted octanol–water partition coefficient (Wildman–Crippen LogP) is 4.80. The van der Waals surface area contributed by atoms with Crippen LogP contribution in [-0.2, 0) is 12.7 Å². The van der Waals surface area contributed by atoms with E-state index in [1.54, 1.807) is 24.5 Å². The molecule has 1 fully saturated rings. The maximum atomic E-state index is 14.2. The third kappa shape index (κ3) is 4.32. The lowest BCUT2D eigenvalue weighted by Crippen LogP contribution is -2.46. The lowest BCUT2D eigenvalue weighted by atomic mass is 9.89. The van der Waals surface area contributed by atoms with Crippen LogP contribution < -0.4 is 10.1 Å². The highest BCUT2D eigenvalue weighted by Gasteiger charge is 2.35. The number of alkyl halides is 3. The molecule has 1 aromatic carbocycles. The number of ether oxygens (including phenoxy) is 1. The molecule has 1 aliphatic rings. The van der Waals surface area contributed by atoms with E-state index in [1.807, 2.05) is 0 Å². The summed E-state index contributed by atoms with van der Waals surface area (Å²) in [6.07, 6.45) is -0.0990. The molecule has 1 saturated carbocycles. The second-order valence-electron chi connectivity index (χ2n) is 7.24. The fourth-order valence-electron chi connectivity index (χ4n) is 3.50. The predicted molar refractivity (Wildman–Crippen MR) is 100.0 cm³/mol. The molecule has 0 aliphatic heterocycles. The minimum absolute atomic E-state index is 0.113. The molecule has 152 valence electrons. The molecule has 0 unspecified atom stereocenters. The summed E-state index contributed by atoms with van der Waals surface area (Å²) in [5, 5.41) is 4.98. The Morgan fingerprint density at radius 2 is 1.97 bits per heavy atom. The Balaban J connectivity index is 1.35. The molecule has 0 bridgehead atoms. The molecule has 29 heavy (non-hydrogen) atoms. The van der Waals surface area contributed by atoms with Gasteiger partial charge in [0.05, 0.1) is 0 Å². The number of fused-ring (bicyclic) bond motifs is 1. The lowest BCUT2D eigenvalue weighted by molar-refractivity contribution is -0.141. The van der Waals surface area contributed by atoms with Gasteiger partial charge in [-0.05, 0) is 43.4 Å². The van der Waals surface area contributed by atoms with E-state index in [0.29, 0.717) is 24.9 Å². The number of rotatable bonds is 5. The SMILES string of the molecule is Cc1cc(OC2CC(NCc3c(F)ccc4cnccc34)C2)cc(C(F)(F)F)n1. The van der Waals surface area contributed by atoms with E-state index in [9.17, 15) is 17.6 Å². The maximum Gasteiger partial charge on any atom is 0.433 e. The Kier molecular flexibility index (Phi) is 5.12. The molecule has 3 aromatic rings.